The molecule has 0 aliphatic carbocycles. The van der Waals surface area contributed by atoms with Gasteiger partial charge in [-0.3, -0.25) is 14.9 Å². The molecule has 0 saturated carbocycles. The SMILES string of the molecule is CCn1c(SCC(=O)Nc2cc([N+](=O)[O-])ccc2Cl)nnc1C(C)Oc1cc(C)cc(C)c1. The third-order valence-corrected chi connectivity index (χ3v) is 6.00. The lowest BCUT2D eigenvalue weighted by Gasteiger charge is -2.16. The summed E-state index contributed by atoms with van der Waals surface area (Å²) < 4.78 is 7.98. The van der Waals surface area contributed by atoms with E-state index in [1.54, 1.807) is 0 Å². The van der Waals surface area contributed by atoms with Crippen molar-refractivity contribution in [3.05, 3.63) is 68.5 Å². The van der Waals surface area contributed by atoms with Crippen LogP contribution in [0, 0.1) is 24.0 Å². The molecule has 1 amide bonds. The molecule has 3 rings (SSSR count). The first-order chi connectivity index (χ1) is 15.7. The number of aryl methyl sites for hydroxylation is 2. The summed E-state index contributed by atoms with van der Waals surface area (Å²) in [6.45, 7) is 8.49. The summed E-state index contributed by atoms with van der Waals surface area (Å²) in [5.74, 6) is 1.08. The molecule has 0 saturated heterocycles. The summed E-state index contributed by atoms with van der Waals surface area (Å²) in [5, 5.41) is 22.8. The first-order valence-corrected chi connectivity index (χ1v) is 11.6. The van der Waals surface area contributed by atoms with Gasteiger partial charge in [0, 0.05) is 18.7 Å². The zero-order chi connectivity index (χ0) is 24.1. The van der Waals surface area contributed by atoms with E-state index >= 15 is 0 Å². The number of nitro groups is 1. The lowest BCUT2D eigenvalue weighted by Crippen LogP contribution is -2.16. The maximum Gasteiger partial charge on any atom is 0.271 e. The minimum absolute atomic E-state index is 0.0312. The molecule has 2 aromatic carbocycles. The van der Waals surface area contributed by atoms with Gasteiger partial charge < -0.3 is 14.6 Å². The molecule has 33 heavy (non-hydrogen) atoms. The highest BCUT2D eigenvalue weighted by Crippen LogP contribution is 2.28. The topological polar surface area (TPSA) is 112 Å². The molecular weight excluding hydrogens is 466 g/mol. The Morgan fingerprint density at radius 1 is 1.24 bits per heavy atom. The second-order valence-electron chi connectivity index (χ2n) is 7.43. The van der Waals surface area contributed by atoms with Crippen LogP contribution in [0.1, 0.15) is 36.9 Å². The van der Waals surface area contributed by atoms with E-state index in [0.717, 1.165) is 16.9 Å². The predicted octanol–water partition coefficient (Wildman–Crippen LogP) is 5.35. The van der Waals surface area contributed by atoms with E-state index in [4.69, 9.17) is 16.3 Å². The van der Waals surface area contributed by atoms with Crippen molar-refractivity contribution in [1.82, 2.24) is 14.8 Å². The van der Waals surface area contributed by atoms with Crippen LogP contribution in [0.2, 0.25) is 5.02 Å². The van der Waals surface area contributed by atoms with E-state index in [1.165, 1.54) is 30.0 Å². The van der Waals surface area contributed by atoms with Crippen LogP contribution in [-0.2, 0) is 11.3 Å². The molecule has 1 atom stereocenters. The number of hydrogen-bond donors (Lipinski definition) is 1. The standard InChI is InChI=1S/C22H24ClN5O4S/c1-5-27-21(15(4)32-17-9-13(2)8-14(3)10-17)25-26-22(27)33-12-20(29)24-19-11-16(28(30)31)6-7-18(19)23/h6-11,15H,5,12H2,1-4H3,(H,24,29). The quantitative estimate of drug-likeness (QED) is 0.245. The number of benzene rings is 2. The highest BCUT2D eigenvalue weighted by Gasteiger charge is 2.20. The van der Waals surface area contributed by atoms with Gasteiger partial charge in [-0.1, -0.05) is 29.4 Å². The summed E-state index contributed by atoms with van der Waals surface area (Å²) in [7, 11) is 0. The number of thioether (sulfide) groups is 1. The zero-order valence-electron chi connectivity index (χ0n) is 18.7. The predicted molar refractivity (Wildman–Crippen MR) is 128 cm³/mol. The molecule has 3 aromatic rings. The first kappa shape index (κ1) is 24.5. The fourth-order valence-corrected chi connectivity index (χ4v) is 4.28. The second-order valence-corrected chi connectivity index (χ2v) is 8.78. The number of hydrogen-bond acceptors (Lipinski definition) is 7. The molecule has 0 spiro atoms. The van der Waals surface area contributed by atoms with Gasteiger partial charge in [0.15, 0.2) is 17.1 Å². The maximum absolute atomic E-state index is 12.4. The van der Waals surface area contributed by atoms with E-state index in [-0.39, 0.29) is 34.2 Å². The average molecular weight is 490 g/mol. The number of ether oxygens (including phenoxy) is 1. The number of non-ortho nitro benzene ring substituents is 1. The van der Waals surface area contributed by atoms with Crippen LogP contribution in [0.5, 0.6) is 5.75 Å². The maximum atomic E-state index is 12.4. The number of nitrogens with zero attached hydrogens (tertiary/aromatic N) is 4. The molecule has 1 aromatic heterocycles. The fraction of sp³-hybridized carbons (Fsp3) is 0.318. The molecule has 0 fully saturated rings. The van der Waals surface area contributed by atoms with Crippen LogP contribution in [0.3, 0.4) is 0 Å². The van der Waals surface area contributed by atoms with E-state index in [9.17, 15) is 14.9 Å². The van der Waals surface area contributed by atoms with Crippen molar-refractivity contribution in [2.75, 3.05) is 11.1 Å². The number of nitro benzene ring substituents is 1. The highest BCUT2D eigenvalue weighted by molar-refractivity contribution is 7.99. The number of carbonyl (C=O) groups excluding carboxylic acids is 1. The van der Waals surface area contributed by atoms with Gasteiger partial charge in [0.05, 0.1) is 21.4 Å². The Bertz CT molecular complexity index is 1160. The number of anilines is 1. The summed E-state index contributed by atoms with van der Waals surface area (Å²) >= 11 is 7.26. The largest absolute Gasteiger partial charge is 0.483 e. The van der Waals surface area contributed by atoms with Crippen LogP contribution < -0.4 is 10.1 Å². The molecular formula is C22H24ClN5O4S. The molecule has 1 heterocycles. The van der Waals surface area contributed by atoms with Crippen LogP contribution in [-0.4, -0.2) is 31.3 Å². The third kappa shape index (κ3) is 6.23. The minimum Gasteiger partial charge on any atom is -0.483 e. The Morgan fingerprint density at radius 3 is 2.58 bits per heavy atom. The number of halogens is 1. The van der Waals surface area contributed by atoms with Gasteiger partial charge in [-0.15, -0.1) is 10.2 Å². The Hall–Kier alpha value is -3.11. The van der Waals surface area contributed by atoms with Crippen molar-refractivity contribution >= 4 is 40.6 Å². The lowest BCUT2D eigenvalue weighted by molar-refractivity contribution is -0.384. The van der Waals surface area contributed by atoms with Crippen LogP contribution in [0.4, 0.5) is 11.4 Å². The normalized spacial score (nSPS) is 11.8. The Balaban J connectivity index is 1.67. The third-order valence-electron chi connectivity index (χ3n) is 4.70. The molecule has 9 nitrogen and oxygen atoms in total. The van der Waals surface area contributed by atoms with E-state index < -0.39 is 4.92 Å². The van der Waals surface area contributed by atoms with Crippen molar-refractivity contribution in [2.45, 2.75) is 45.5 Å². The Labute approximate surface area is 200 Å². The number of rotatable bonds is 9. The van der Waals surface area contributed by atoms with Crippen molar-refractivity contribution < 1.29 is 14.5 Å². The van der Waals surface area contributed by atoms with Crippen molar-refractivity contribution in [1.29, 1.82) is 0 Å². The van der Waals surface area contributed by atoms with Gasteiger partial charge in [0.1, 0.15) is 5.75 Å². The monoisotopic (exact) mass is 489 g/mol. The summed E-state index contributed by atoms with van der Waals surface area (Å²) in [5.41, 5.74) is 2.25. The van der Waals surface area contributed by atoms with Crippen LogP contribution >= 0.6 is 23.4 Å². The van der Waals surface area contributed by atoms with Gasteiger partial charge in [-0.05, 0) is 57.0 Å². The summed E-state index contributed by atoms with van der Waals surface area (Å²) in [6, 6.07) is 9.89. The first-order valence-electron chi connectivity index (χ1n) is 10.2. The zero-order valence-corrected chi connectivity index (χ0v) is 20.2. The Kier molecular flexibility index (Phi) is 7.93. The number of carbonyl (C=O) groups is 1. The smallest absolute Gasteiger partial charge is 0.271 e. The average Bonchev–Trinajstić information content (AvgIpc) is 3.16. The highest BCUT2D eigenvalue weighted by atomic mass is 35.5. The summed E-state index contributed by atoms with van der Waals surface area (Å²) in [6.07, 6.45) is -0.342. The van der Waals surface area contributed by atoms with E-state index in [2.05, 4.69) is 21.6 Å². The second kappa shape index (κ2) is 10.7. The summed E-state index contributed by atoms with van der Waals surface area (Å²) in [4.78, 5) is 22.8. The van der Waals surface area contributed by atoms with Crippen LogP contribution in [0.15, 0.2) is 41.6 Å². The van der Waals surface area contributed by atoms with Gasteiger partial charge in [0.25, 0.3) is 5.69 Å². The van der Waals surface area contributed by atoms with Crippen molar-refractivity contribution in [3.63, 3.8) is 0 Å². The number of aromatic nitrogens is 3. The molecule has 1 N–H and O–H groups in total. The van der Waals surface area contributed by atoms with Crippen molar-refractivity contribution in [2.24, 2.45) is 0 Å². The number of amides is 1. The molecule has 0 aliphatic heterocycles. The van der Waals surface area contributed by atoms with Gasteiger partial charge in [-0.25, -0.2) is 0 Å². The molecule has 0 bridgehead atoms. The molecule has 0 radical (unpaired) electrons. The van der Waals surface area contributed by atoms with Crippen LogP contribution in [0.25, 0.3) is 0 Å². The van der Waals surface area contributed by atoms with E-state index in [0.29, 0.717) is 17.5 Å². The lowest BCUT2D eigenvalue weighted by atomic mass is 10.1. The van der Waals surface area contributed by atoms with Gasteiger partial charge >= 0.3 is 0 Å². The molecule has 11 heteroatoms. The van der Waals surface area contributed by atoms with Crippen molar-refractivity contribution in [3.8, 4) is 5.75 Å². The van der Waals surface area contributed by atoms with Gasteiger partial charge in [-0.2, -0.15) is 0 Å². The fourth-order valence-electron chi connectivity index (χ4n) is 3.30. The van der Waals surface area contributed by atoms with E-state index in [1.807, 2.05) is 44.4 Å². The molecule has 0 aliphatic rings. The van der Waals surface area contributed by atoms with Gasteiger partial charge in [0.2, 0.25) is 5.91 Å². The number of nitrogens with one attached hydrogen (secondary N) is 1. The Morgan fingerprint density at radius 2 is 1.94 bits per heavy atom. The molecule has 1 unspecified atom stereocenters. The molecule has 174 valence electrons. The minimum atomic E-state index is -0.548.